The van der Waals surface area contributed by atoms with E-state index in [0.717, 1.165) is 0 Å². The van der Waals surface area contributed by atoms with E-state index in [-0.39, 0.29) is 10.8 Å². The fourth-order valence-electron chi connectivity index (χ4n) is 2.46. The highest BCUT2D eigenvalue weighted by Crippen LogP contribution is 2.25. The van der Waals surface area contributed by atoms with Crippen LogP contribution >= 0.6 is 0 Å². The van der Waals surface area contributed by atoms with E-state index in [9.17, 15) is 13.2 Å². The molecule has 0 aliphatic carbocycles. The maximum atomic E-state index is 12.6. The van der Waals surface area contributed by atoms with E-state index >= 15 is 0 Å². The smallest absolute Gasteiger partial charge is 0.282 e. The number of hydrogen-bond acceptors (Lipinski definition) is 6. The Morgan fingerprint density at radius 1 is 1.12 bits per heavy atom. The molecule has 0 aromatic heterocycles. The number of carbonyl (C=O) groups is 1. The van der Waals surface area contributed by atoms with Crippen LogP contribution in [0.1, 0.15) is 12.5 Å². The summed E-state index contributed by atoms with van der Waals surface area (Å²) < 4.78 is 31.4. The van der Waals surface area contributed by atoms with Gasteiger partial charge in [0.25, 0.3) is 16.0 Å². The molecule has 1 amide bonds. The number of anilines is 1. The molecule has 2 aromatic carbocycles. The van der Waals surface area contributed by atoms with Gasteiger partial charge >= 0.3 is 0 Å². The van der Waals surface area contributed by atoms with Gasteiger partial charge < -0.3 is 0 Å². The lowest BCUT2D eigenvalue weighted by Gasteiger charge is -2.11. The first kappa shape index (κ1) is 17.9. The molecule has 0 spiro atoms. The minimum absolute atomic E-state index is 0.223. The fourth-order valence-corrected chi connectivity index (χ4v) is 3.03. The Bertz CT molecular complexity index is 1020. The summed E-state index contributed by atoms with van der Waals surface area (Å²) in [4.78, 5) is 12.3. The van der Waals surface area contributed by atoms with Crippen molar-refractivity contribution in [1.29, 1.82) is 0 Å². The molecule has 1 heterocycles. The summed E-state index contributed by atoms with van der Waals surface area (Å²) in [5, 5.41) is 13.7. The number of para-hydroxylation sites is 1. The normalized spacial score (nSPS) is 17.8. The van der Waals surface area contributed by atoms with Crippen LogP contribution in [0.4, 0.5) is 11.4 Å². The predicted octanol–water partition coefficient (Wildman–Crippen LogP) is 3.12. The summed E-state index contributed by atoms with van der Waals surface area (Å²) in [6, 6.07) is 12.1. The first-order chi connectivity index (χ1) is 12.3. The molecule has 0 saturated heterocycles. The maximum absolute atomic E-state index is 12.6. The lowest BCUT2D eigenvalue weighted by molar-refractivity contribution is -0.117. The van der Waals surface area contributed by atoms with Gasteiger partial charge in [-0.2, -0.15) is 28.8 Å². The molecular formula is C17H16N4O4S. The van der Waals surface area contributed by atoms with Gasteiger partial charge in [-0.25, -0.2) is 0 Å². The molecule has 3 rings (SSSR count). The third-order valence-electron chi connectivity index (χ3n) is 3.84. The van der Waals surface area contributed by atoms with Crippen LogP contribution in [0.3, 0.4) is 0 Å². The lowest BCUT2D eigenvalue weighted by atomic mass is 10.2. The predicted molar refractivity (Wildman–Crippen MR) is 96.3 cm³/mol. The van der Waals surface area contributed by atoms with Gasteiger partial charge in [0.1, 0.15) is 0 Å². The van der Waals surface area contributed by atoms with Crippen LogP contribution in [0, 0.1) is 6.92 Å². The molecule has 8 nitrogen and oxygen atoms in total. The number of hydrogen-bond donors (Lipinski definition) is 1. The van der Waals surface area contributed by atoms with Crippen molar-refractivity contribution in [2.45, 2.75) is 24.8 Å². The molecule has 9 heteroatoms. The number of rotatable bonds is 4. The average molecular weight is 372 g/mol. The molecule has 1 aliphatic heterocycles. The van der Waals surface area contributed by atoms with Crippen LogP contribution in [0.5, 0.6) is 0 Å². The second kappa shape index (κ2) is 6.77. The van der Waals surface area contributed by atoms with E-state index in [1.54, 1.807) is 26.0 Å². The van der Waals surface area contributed by atoms with Gasteiger partial charge in [0.15, 0.2) is 6.04 Å². The molecule has 2 aromatic rings. The summed E-state index contributed by atoms with van der Waals surface area (Å²) in [7, 11) is -4.28. The Morgan fingerprint density at radius 3 is 2.42 bits per heavy atom. The Hall–Kier alpha value is -2.91. The average Bonchev–Trinajstić information content (AvgIpc) is 2.88. The monoisotopic (exact) mass is 372 g/mol. The second-order valence-electron chi connectivity index (χ2n) is 5.77. The number of hydrazone groups is 1. The lowest BCUT2D eigenvalue weighted by Crippen LogP contribution is -2.29. The van der Waals surface area contributed by atoms with Crippen LogP contribution in [0.2, 0.25) is 0 Å². The fraction of sp³-hybridized carbons (Fsp3) is 0.176. The van der Waals surface area contributed by atoms with Crippen molar-refractivity contribution in [3.05, 3.63) is 54.1 Å². The van der Waals surface area contributed by atoms with Crippen LogP contribution in [-0.4, -0.2) is 30.6 Å². The van der Waals surface area contributed by atoms with Crippen molar-refractivity contribution in [3.8, 4) is 0 Å². The third kappa shape index (κ3) is 3.53. The first-order valence-electron chi connectivity index (χ1n) is 7.70. The molecular weight excluding hydrogens is 356 g/mol. The molecule has 0 radical (unpaired) electrons. The van der Waals surface area contributed by atoms with E-state index in [0.29, 0.717) is 22.6 Å². The zero-order valence-corrected chi connectivity index (χ0v) is 14.9. The zero-order valence-electron chi connectivity index (χ0n) is 14.1. The number of benzene rings is 2. The first-order valence-corrected chi connectivity index (χ1v) is 9.14. The quantitative estimate of drug-likeness (QED) is 0.656. The Morgan fingerprint density at radius 2 is 1.81 bits per heavy atom. The molecule has 1 aliphatic rings. The van der Waals surface area contributed by atoms with Gasteiger partial charge in [0.2, 0.25) is 0 Å². The molecule has 0 saturated carbocycles. The zero-order chi connectivity index (χ0) is 18.9. The van der Waals surface area contributed by atoms with Gasteiger partial charge in [-0.05, 0) is 49.7 Å². The molecule has 1 atom stereocenters. The van der Waals surface area contributed by atoms with Gasteiger partial charge in [0, 0.05) is 0 Å². The van der Waals surface area contributed by atoms with Crippen LogP contribution in [0.25, 0.3) is 0 Å². The maximum Gasteiger partial charge on any atom is 0.294 e. The molecule has 134 valence electrons. The number of azo groups is 1. The third-order valence-corrected chi connectivity index (χ3v) is 4.69. The molecule has 0 bridgehead atoms. The van der Waals surface area contributed by atoms with Gasteiger partial charge in [-0.1, -0.05) is 18.2 Å². The number of carbonyl (C=O) groups excluding carboxylic acids is 1. The summed E-state index contributed by atoms with van der Waals surface area (Å²) in [6.45, 7) is 3.33. The molecule has 0 fully saturated rings. The van der Waals surface area contributed by atoms with E-state index in [4.69, 9.17) is 4.55 Å². The summed E-state index contributed by atoms with van der Waals surface area (Å²) in [6.07, 6.45) is 0. The summed E-state index contributed by atoms with van der Waals surface area (Å²) >= 11 is 0. The molecule has 1 N–H and O–H groups in total. The molecule has 1 unspecified atom stereocenters. The standard InChI is InChI=1S/C17H16N4O4S/c1-11-10-14(26(23,24)25)8-9-15(11)18-19-16-12(2)20-21(17(16)22)13-6-4-3-5-7-13/h3-10,16H,1-2H3,(H,23,24,25). The summed E-state index contributed by atoms with van der Waals surface area (Å²) in [5.41, 5.74) is 2.05. The highest BCUT2D eigenvalue weighted by Gasteiger charge is 2.34. The summed E-state index contributed by atoms with van der Waals surface area (Å²) in [5.74, 6) is -0.315. The number of aryl methyl sites for hydroxylation is 1. The van der Waals surface area contributed by atoms with Crippen molar-refractivity contribution in [2.75, 3.05) is 5.01 Å². The van der Waals surface area contributed by atoms with Crippen molar-refractivity contribution >= 4 is 33.1 Å². The van der Waals surface area contributed by atoms with Gasteiger partial charge in [-0.15, -0.1) is 0 Å². The second-order valence-corrected chi connectivity index (χ2v) is 7.19. The minimum Gasteiger partial charge on any atom is -0.282 e. The van der Waals surface area contributed by atoms with Crippen LogP contribution in [-0.2, 0) is 14.9 Å². The van der Waals surface area contributed by atoms with Crippen molar-refractivity contribution in [1.82, 2.24) is 0 Å². The highest BCUT2D eigenvalue weighted by molar-refractivity contribution is 7.85. The van der Waals surface area contributed by atoms with E-state index in [1.165, 1.54) is 23.2 Å². The largest absolute Gasteiger partial charge is 0.294 e. The van der Waals surface area contributed by atoms with Crippen molar-refractivity contribution in [3.63, 3.8) is 0 Å². The SMILES string of the molecule is CC1=NN(c2ccccc2)C(=O)C1N=Nc1ccc(S(=O)(=O)O)cc1C. The Balaban J connectivity index is 1.83. The van der Waals surface area contributed by atoms with Gasteiger partial charge in [0.05, 0.1) is 22.0 Å². The number of nitrogens with zero attached hydrogens (tertiary/aromatic N) is 4. The number of amides is 1. The van der Waals surface area contributed by atoms with E-state index in [1.807, 2.05) is 18.2 Å². The van der Waals surface area contributed by atoms with Crippen LogP contribution < -0.4 is 5.01 Å². The topological polar surface area (TPSA) is 112 Å². The Kier molecular flexibility index (Phi) is 4.66. The van der Waals surface area contributed by atoms with Crippen molar-refractivity contribution in [2.24, 2.45) is 15.3 Å². The Labute approximate surface area is 150 Å². The van der Waals surface area contributed by atoms with Crippen molar-refractivity contribution < 1.29 is 17.8 Å². The minimum atomic E-state index is -4.28. The van der Waals surface area contributed by atoms with E-state index in [2.05, 4.69) is 15.3 Å². The van der Waals surface area contributed by atoms with Crippen LogP contribution in [0.15, 0.2) is 68.8 Å². The van der Waals surface area contributed by atoms with Gasteiger partial charge in [-0.3, -0.25) is 9.35 Å². The highest BCUT2D eigenvalue weighted by atomic mass is 32.2. The molecule has 26 heavy (non-hydrogen) atoms. The van der Waals surface area contributed by atoms with E-state index < -0.39 is 16.2 Å².